The Balaban J connectivity index is 1.24. The first-order valence-corrected chi connectivity index (χ1v) is 13.6. The Morgan fingerprint density at radius 1 is 1.15 bits per heavy atom. The van der Waals surface area contributed by atoms with E-state index in [4.69, 9.17) is 4.74 Å². The van der Waals surface area contributed by atoms with Gasteiger partial charge in [-0.25, -0.2) is 18.4 Å². The van der Waals surface area contributed by atoms with Gasteiger partial charge in [0.1, 0.15) is 30.3 Å². The van der Waals surface area contributed by atoms with Gasteiger partial charge in [0.2, 0.25) is 0 Å². The van der Waals surface area contributed by atoms with Gasteiger partial charge in [-0.15, -0.1) is 0 Å². The number of hydrogen-bond acceptors (Lipinski definition) is 9. The van der Waals surface area contributed by atoms with E-state index in [0.717, 1.165) is 60.4 Å². The fourth-order valence-electron chi connectivity index (χ4n) is 5.41. The van der Waals surface area contributed by atoms with Crippen molar-refractivity contribution in [2.75, 3.05) is 61.0 Å². The van der Waals surface area contributed by atoms with Crippen LogP contribution in [-0.2, 0) is 16.4 Å². The van der Waals surface area contributed by atoms with E-state index in [2.05, 4.69) is 44.6 Å². The molecule has 5 heterocycles. The molecule has 1 aromatic carbocycles. The second-order valence-corrected chi connectivity index (χ2v) is 11.9. The number of aromatic nitrogens is 2. The minimum Gasteiger partial charge on any atom is -0.486 e. The van der Waals surface area contributed by atoms with Crippen LogP contribution in [0.5, 0.6) is 5.75 Å². The van der Waals surface area contributed by atoms with E-state index in [1.54, 1.807) is 6.33 Å². The van der Waals surface area contributed by atoms with E-state index >= 15 is 0 Å². The Labute approximate surface area is 194 Å². The van der Waals surface area contributed by atoms with Crippen molar-refractivity contribution in [3.8, 4) is 5.75 Å². The predicted octanol–water partition coefficient (Wildman–Crippen LogP) is 1.42. The molecule has 2 aromatic rings. The molecule has 4 aliphatic heterocycles. The molecule has 3 saturated heterocycles. The summed E-state index contributed by atoms with van der Waals surface area (Å²) in [5.74, 6) is 3.18. The minimum absolute atomic E-state index is 0.151. The molecular formula is C23H30N6O3S. The van der Waals surface area contributed by atoms with Crippen LogP contribution in [0.1, 0.15) is 29.0 Å². The highest BCUT2D eigenvalue weighted by atomic mass is 32.2. The number of nitrogens with zero attached hydrogens (tertiary/aromatic N) is 4. The lowest BCUT2D eigenvalue weighted by Crippen LogP contribution is -2.51. The van der Waals surface area contributed by atoms with Crippen LogP contribution in [0.25, 0.3) is 0 Å². The third kappa shape index (κ3) is 3.94. The monoisotopic (exact) mass is 470 g/mol. The first-order valence-electron chi connectivity index (χ1n) is 11.8. The number of likely N-dealkylation sites (tertiary alicyclic amines) is 1. The molecule has 0 aliphatic carbocycles. The van der Waals surface area contributed by atoms with Crippen molar-refractivity contribution in [1.29, 1.82) is 0 Å². The van der Waals surface area contributed by atoms with Gasteiger partial charge in [0, 0.05) is 44.7 Å². The van der Waals surface area contributed by atoms with Crippen LogP contribution in [0.2, 0.25) is 0 Å². The van der Waals surface area contributed by atoms with Crippen LogP contribution in [-0.4, -0.2) is 80.1 Å². The molecule has 176 valence electrons. The van der Waals surface area contributed by atoms with Crippen LogP contribution in [0.4, 0.5) is 17.3 Å². The number of nitrogens with one attached hydrogen (secondary N) is 2. The van der Waals surface area contributed by atoms with Crippen molar-refractivity contribution in [2.45, 2.75) is 31.9 Å². The van der Waals surface area contributed by atoms with Crippen LogP contribution < -0.4 is 20.3 Å². The normalized spacial score (nSPS) is 24.8. The fraction of sp³-hybridized carbons (Fsp3) is 0.565. The molecule has 0 radical (unpaired) electrons. The Kier molecular flexibility index (Phi) is 5.19. The molecule has 3 fully saturated rings. The Hall–Kier alpha value is -2.43. The predicted molar refractivity (Wildman–Crippen MR) is 127 cm³/mol. The van der Waals surface area contributed by atoms with Crippen molar-refractivity contribution >= 4 is 27.2 Å². The first kappa shape index (κ1) is 21.1. The van der Waals surface area contributed by atoms with Gasteiger partial charge < -0.3 is 20.3 Å². The average molecular weight is 471 g/mol. The van der Waals surface area contributed by atoms with Gasteiger partial charge in [-0.1, -0.05) is 6.07 Å². The largest absolute Gasteiger partial charge is 0.486 e. The molecule has 0 bridgehead atoms. The molecule has 9 nitrogen and oxygen atoms in total. The lowest BCUT2D eigenvalue weighted by molar-refractivity contribution is 0.101. The minimum atomic E-state index is -2.96. The smallest absolute Gasteiger partial charge is 0.153 e. The molecule has 2 N–H and O–H groups in total. The number of aryl methyl sites for hydroxylation is 1. The molecule has 0 spiro atoms. The number of hydrogen-bond donors (Lipinski definition) is 2. The summed E-state index contributed by atoms with van der Waals surface area (Å²) in [7, 11) is -2.96. The van der Waals surface area contributed by atoms with E-state index in [1.807, 2.05) is 4.90 Å². The molecule has 0 amide bonds. The van der Waals surface area contributed by atoms with Gasteiger partial charge in [-0.05, 0) is 37.1 Å². The van der Waals surface area contributed by atoms with E-state index in [9.17, 15) is 8.42 Å². The second kappa shape index (κ2) is 8.11. The highest BCUT2D eigenvalue weighted by Crippen LogP contribution is 2.41. The number of benzene rings is 1. The van der Waals surface area contributed by atoms with Crippen LogP contribution in [0, 0.1) is 6.92 Å². The summed E-state index contributed by atoms with van der Waals surface area (Å²) < 4.78 is 30.0. The summed E-state index contributed by atoms with van der Waals surface area (Å²) in [5, 5.41) is 6.97. The number of sulfone groups is 1. The number of anilines is 3. The number of fused-ring (bicyclic) bond motifs is 2. The lowest BCUT2D eigenvalue weighted by Gasteiger charge is -2.43. The molecular weight excluding hydrogens is 440 g/mol. The molecule has 0 unspecified atom stereocenters. The van der Waals surface area contributed by atoms with Crippen molar-refractivity contribution in [2.24, 2.45) is 0 Å². The van der Waals surface area contributed by atoms with E-state index < -0.39 is 9.84 Å². The van der Waals surface area contributed by atoms with Crippen molar-refractivity contribution < 1.29 is 13.2 Å². The summed E-state index contributed by atoms with van der Waals surface area (Å²) in [6, 6.07) is 5.14. The first-order chi connectivity index (χ1) is 16.0. The van der Waals surface area contributed by atoms with E-state index in [1.165, 1.54) is 12.0 Å². The third-order valence-corrected chi connectivity index (χ3v) is 9.02. The number of ether oxygens (including phenoxy) is 1. The van der Waals surface area contributed by atoms with Crippen LogP contribution in [0.3, 0.4) is 0 Å². The summed E-state index contributed by atoms with van der Waals surface area (Å²) in [6.45, 7) is 7.76. The molecule has 4 aliphatic rings. The highest BCUT2D eigenvalue weighted by Gasteiger charge is 2.35. The zero-order valence-corrected chi connectivity index (χ0v) is 19.7. The maximum absolute atomic E-state index is 11.9. The van der Waals surface area contributed by atoms with Gasteiger partial charge in [0.05, 0.1) is 22.8 Å². The highest BCUT2D eigenvalue weighted by molar-refractivity contribution is 7.91. The standard InChI is InChI=1S/C23H30N6O3S/c1-15-8-16(17-11-29(12-17)18-2-3-24-10-18)9-20-21(15)32-13-19-22(27-20)25-14-26-23(19)28-4-6-33(30,31)7-5-28/h8-9,14,17-18,24H,2-7,10-13H2,1H3,(H,25,26,27)/t18-/m0/s1. The quantitative estimate of drug-likeness (QED) is 0.690. The molecule has 33 heavy (non-hydrogen) atoms. The third-order valence-electron chi connectivity index (χ3n) is 7.41. The molecule has 6 rings (SSSR count). The molecule has 0 saturated carbocycles. The summed E-state index contributed by atoms with van der Waals surface area (Å²) >= 11 is 0. The summed E-state index contributed by atoms with van der Waals surface area (Å²) in [4.78, 5) is 13.6. The van der Waals surface area contributed by atoms with Gasteiger partial charge in [0.25, 0.3) is 0 Å². The lowest BCUT2D eigenvalue weighted by atomic mass is 9.88. The maximum Gasteiger partial charge on any atom is 0.153 e. The zero-order valence-electron chi connectivity index (χ0n) is 18.9. The number of rotatable bonds is 3. The topological polar surface area (TPSA) is 99.7 Å². The van der Waals surface area contributed by atoms with Crippen molar-refractivity contribution in [3.05, 3.63) is 35.2 Å². The molecule has 1 atom stereocenters. The maximum atomic E-state index is 11.9. The van der Waals surface area contributed by atoms with Gasteiger partial charge >= 0.3 is 0 Å². The SMILES string of the molecule is Cc1cc(C2CN([C@H]3CCNC3)C2)cc2c1OCc1c(ncnc1N1CCS(=O)(=O)CC1)N2. The Bertz CT molecular complexity index is 1160. The van der Waals surface area contributed by atoms with Gasteiger partial charge in [-0.3, -0.25) is 4.90 Å². The van der Waals surface area contributed by atoms with E-state index in [-0.39, 0.29) is 11.5 Å². The van der Waals surface area contributed by atoms with Crippen LogP contribution in [0.15, 0.2) is 18.5 Å². The van der Waals surface area contributed by atoms with E-state index in [0.29, 0.717) is 31.7 Å². The summed E-state index contributed by atoms with van der Waals surface area (Å²) in [6.07, 6.45) is 2.79. The van der Waals surface area contributed by atoms with Crippen molar-refractivity contribution in [1.82, 2.24) is 20.2 Å². The zero-order chi connectivity index (χ0) is 22.6. The Morgan fingerprint density at radius 3 is 2.73 bits per heavy atom. The van der Waals surface area contributed by atoms with Crippen molar-refractivity contribution in [3.63, 3.8) is 0 Å². The van der Waals surface area contributed by atoms with Crippen LogP contribution >= 0.6 is 0 Å². The van der Waals surface area contributed by atoms with Gasteiger partial charge in [-0.2, -0.15) is 0 Å². The van der Waals surface area contributed by atoms with Gasteiger partial charge in [0.15, 0.2) is 9.84 Å². The molecule has 10 heteroatoms. The Morgan fingerprint density at radius 2 is 1.97 bits per heavy atom. The molecule has 1 aromatic heterocycles. The fourth-order valence-corrected chi connectivity index (χ4v) is 6.61. The summed E-state index contributed by atoms with van der Waals surface area (Å²) in [5.41, 5.74) is 4.26. The average Bonchev–Trinajstić information content (AvgIpc) is 3.20. The second-order valence-electron chi connectivity index (χ2n) is 9.59.